The molecule has 0 bridgehead atoms. The van der Waals surface area contributed by atoms with Crippen molar-refractivity contribution in [3.63, 3.8) is 0 Å². The van der Waals surface area contributed by atoms with E-state index >= 15 is 0 Å². The third-order valence-corrected chi connectivity index (χ3v) is 2.54. The summed E-state index contributed by atoms with van der Waals surface area (Å²) < 4.78 is 0. The van der Waals surface area contributed by atoms with Gasteiger partial charge >= 0.3 is 0 Å². The lowest BCUT2D eigenvalue weighted by atomic mass is 10.2. The Balaban J connectivity index is 2.67. The third kappa shape index (κ3) is 4.16. The number of benzene rings is 1. The number of nitrogens with two attached hydrogens (primary N) is 1. The molecule has 0 radical (unpaired) electrons. The van der Waals surface area contributed by atoms with Crippen molar-refractivity contribution in [1.29, 1.82) is 0 Å². The first-order chi connectivity index (χ1) is 7.49. The van der Waals surface area contributed by atoms with Crippen LogP contribution in [0.5, 0.6) is 5.75 Å². The van der Waals surface area contributed by atoms with Crippen molar-refractivity contribution in [2.45, 2.75) is 26.4 Å². The molecule has 0 aliphatic rings. The highest BCUT2D eigenvalue weighted by molar-refractivity contribution is 7.80. The summed E-state index contributed by atoms with van der Waals surface area (Å²) in [6.45, 7) is 5.63. The van der Waals surface area contributed by atoms with Gasteiger partial charge in [0.05, 0.1) is 4.99 Å². The summed E-state index contributed by atoms with van der Waals surface area (Å²) in [5.74, 6) is 0.286. The average molecular weight is 238 g/mol. The summed E-state index contributed by atoms with van der Waals surface area (Å²) in [4.78, 5) is 2.70. The van der Waals surface area contributed by atoms with Crippen LogP contribution in [0.3, 0.4) is 0 Å². The van der Waals surface area contributed by atoms with E-state index in [0.29, 0.717) is 17.6 Å². The first-order valence-corrected chi connectivity index (χ1v) is 5.70. The molecule has 0 aromatic heterocycles. The zero-order valence-electron chi connectivity index (χ0n) is 9.68. The van der Waals surface area contributed by atoms with Crippen LogP contribution in [-0.2, 0) is 6.54 Å². The van der Waals surface area contributed by atoms with Gasteiger partial charge in [0.2, 0.25) is 0 Å². The predicted molar refractivity (Wildman–Crippen MR) is 70.4 cm³/mol. The Labute approximate surface area is 102 Å². The van der Waals surface area contributed by atoms with E-state index in [2.05, 4.69) is 18.7 Å². The molecule has 0 unspecified atom stereocenters. The van der Waals surface area contributed by atoms with Crippen LogP contribution in [0.1, 0.15) is 19.4 Å². The van der Waals surface area contributed by atoms with Crippen LogP contribution in [0.2, 0.25) is 0 Å². The number of rotatable bonds is 5. The highest BCUT2D eigenvalue weighted by Crippen LogP contribution is 2.12. The SMILES string of the molecule is CC(C)N(CC(N)=S)Cc1ccc(O)cc1. The Hall–Kier alpha value is -1.13. The van der Waals surface area contributed by atoms with Crippen LogP contribution in [0.15, 0.2) is 24.3 Å². The van der Waals surface area contributed by atoms with Crippen molar-refractivity contribution >= 4 is 17.2 Å². The molecule has 0 heterocycles. The van der Waals surface area contributed by atoms with E-state index in [1.54, 1.807) is 12.1 Å². The Morgan fingerprint density at radius 2 is 1.94 bits per heavy atom. The van der Waals surface area contributed by atoms with Crippen molar-refractivity contribution in [3.05, 3.63) is 29.8 Å². The zero-order chi connectivity index (χ0) is 12.1. The summed E-state index contributed by atoms with van der Waals surface area (Å²) in [6, 6.07) is 7.58. The molecule has 88 valence electrons. The third-order valence-electron chi connectivity index (χ3n) is 2.41. The lowest BCUT2D eigenvalue weighted by Crippen LogP contribution is -2.37. The van der Waals surface area contributed by atoms with Crippen molar-refractivity contribution in [1.82, 2.24) is 4.90 Å². The fraction of sp³-hybridized carbons (Fsp3) is 0.417. The first kappa shape index (κ1) is 12.9. The van der Waals surface area contributed by atoms with Gasteiger partial charge in [0, 0.05) is 19.1 Å². The van der Waals surface area contributed by atoms with Gasteiger partial charge in [-0.2, -0.15) is 0 Å². The molecular weight excluding hydrogens is 220 g/mol. The average Bonchev–Trinajstić information content (AvgIpc) is 2.19. The molecule has 1 aromatic carbocycles. The van der Waals surface area contributed by atoms with Crippen LogP contribution in [0.25, 0.3) is 0 Å². The number of hydrogen-bond donors (Lipinski definition) is 2. The van der Waals surface area contributed by atoms with Crippen LogP contribution in [-0.4, -0.2) is 27.6 Å². The summed E-state index contributed by atoms with van der Waals surface area (Å²) >= 11 is 4.92. The smallest absolute Gasteiger partial charge is 0.115 e. The van der Waals surface area contributed by atoms with Crippen molar-refractivity contribution in [2.24, 2.45) is 5.73 Å². The second kappa shape index (κ2) is 5.82. The maximum Gasteiger partial charge on any atom is 0.115 e. The van der Waals surface area contributed by atoms with Crippen molar-refractivity contribution in [2.75, 3.05) is 6.54 Å². The van der Waals surface area contributed by atoms with E-state index in [4.69, 9.17) is 18.0 Å². The Bertz CT molecular complexity index is 349. The summed E-state index contributed by atoms with van der Waals surface area (Å²) in [7, 11) is 0. The minimum Gasteiger partial charge on any atom is -0.508 e. The molecule has 3 N–H and O–H groups in total. The second-order valence-electron chi connectivity index (χ2n) is 4.13. The summed E-state index contributed by atoms with van der Waals surface area (Å²) in [6.07, 6.45) is 0. The summed E-state index contributed by atoms with van der Waals surface area (Å²) in [5.41, 5.74) is 6.70. The van der Waals surface area contributed by atoms with Crippen LogP contribution < -0.4 is 5.73 Å². The van der Waals surface area contributed by atoms with E-state index in [1.807, 2.05) is 12.1 Å². The van der Waals surface area contributed by atoms with Crippen LogP contribution in [0.4, 0.5) is 0 Å². The van der Waals surface area contributed by atoms with E-state index in [0.717, 1.165) is 12.1 Å². The molecule has 1 rings (SSSR count). The Morgan fingerprint density at radius 1 is 1.38 bits per heavy atom. The molecule has 4 heteroatoms. The van der Waals surface area contributed by atoms with Gasteiger partial charge in [-0.1, -0.05) is 24.4 Å². The summed E-state index contributed by atoms with van der Waals surface area (Å²) in [5, 5.41) is 9.19. The van der Waals surface area contributed by atoms with E-state index < -0.39 is 0 Å². The van der Waals surface area contributed by atoms with Gasteiger partial charge in [-0.25, -0.2) is 0 Å². The number of hydrogen-bond acceptors (Lipinski definition) is 3. The molecule has 0 spiro atoms. The monoisotopic (exact) mass is 238 g/mol. The lowest BCUT2D eigenvalue weighted by molar-refractivity contribution is 0.245. The molecule has 0 fully saturated rings. The maximum atomic E-state index is 9.19. The van der Waals surface area contributed by atoms with Gasteiger partial charge in [0.15, 0.2) is 0 Å². The van der Waals surface area contributed by atoms with Gasteiger partial charge in [-0.05, 0) is 31.5 Å². The predicted octanol–water partition coefficient (Wildman–Crippen LogP) is 1.89. The highest BCUT2D eigenvalue weighted by Gasteiger charge is 2.10. The molecule has 0 amide bonds. The number of nitrogens with zero attached hydrogens (tertiary/aromatic N) is 1. The molecular formula is C12H18N2OS. The van der Waals surface area contributed by atoms with Gasteiger partial charge in [-0.3, -0.25) is 4.90 Å². The minimum absolute atomic E-state index is 0.286. The molecule has 0 aliphatic heterocycles. The van der Waals surface area contributed by atoms with Gasteiger partial charge < -0.3 is 10.8 Å². The molecule has 0 saturated carbocycles. The van der Waals surface area contributed by atoms with Crippen LogP contribution >= 0.6 is 12.2 Å². The molecule has 3 nitrogen and oxygen atoms in total. The van der Waals surface area contributed by atoms with Gasteiger partial charge in [0.1, 0.15) is 5.75 Å². The van der Waals surface area contributed by atoms with Crippen molar-refractivity contribution in [3.8, 4) is 5.75 Å². The second-order valence-corrected chi connectivity index (χ2v) is 4.66. The van der Waals surface area contributed by atoms with Crippen LogP contribution in [0, 0.1) is 0 Å². The topological polar surface area (TPSA) is 49.5 Å². The molecule has 1 aromatic rings. The zero-order valence-corrected chi connectivity index (χ0v) is 10.5. The molecule has 0 saturated heterocycles. The molecule has 0 atom stereocenters. The first-order valence-electron chi connectivity index (χ1n) is 5.29. The number of phenolic OH excluding ortho intramolecular Hbond substituents is 1. The maximum absolute atomic E-state index is 9.19. The largest absolute Gasteiger partial charge is 0.508 e. The highest BCUT2D eigenvalue weighted by atomic mass is 32.1. The standard InChI is InChI=1S/C12H18N2OS/c1-9(2)14(8-12(13)16)7-10-3-5-11(15)6-4-10/h3-6,9,15H,7-8H2,1-2H3,(H2,13,16). The normalized spacial score (nSPS) is 11.0. The fourth-order valence-electron chi connectivity index (χ4n) is 1.46. The lowest BCUT2D eigenvalue weighted by Gasteiger charge is -2.25. The number of phenols is 1. The van der Waals surface area contributed by atoms with Gasteiger partial charge in [0.25, 0.3) is 0 Å². The number of thiocarbonyl (C=S) groups is 1. The van der Waals surface area contributed by atoms with E-state index in [9.17, 15) is 5.11 Å². The quantitative estimate of drug-likeness (QED) is 0.769. The molecule has 16 heavy (non-hydrogen) atoms. The molecule has 0 aliphatic carbocycles. The number of aromatic hydroxyl groups is 1. The van der Waals surface area contributed by atoms with Crippen molar-refractivity contribution < 1.29 is 5.11 Å². The van der Waals surface area contributed by atoms with Gasteiger partial charge in [-0.15, -0.1) is 0 Å². The fourth-order valence-corrected chi connectivity index (χ4v) is 1.62. The Kier molecular flexibility index (Phi) is 4.71. The van der Waals surface area contributed by atoms with E-state index in [-0.39, 0.29) is 5.75 Å². The van der Waals surface area contributed by atoms with E-state index in [1.165, 1.54) is 0 Å². The minimum atomic E-state index is 0.286. The Morgan fingerprint density at radius 3 is 2.38 bits per heavy atom.